The highest BCUT2D eigenvalue weighted by Gasteiger charge is 2.06. The van der Waals surface area contributed by atoms with Crippen LogP contribution in [0.4, 0.5) is 5.69 Å². The van der Waals surface area contributed by atoms with Crippen LogP contribution in [0, 0.1) is 0 Å². The van der Waals surface area contributed by atoms with Crippen molar-refractivity contribution in [3.63, 3.8) is 0 Å². The lowest BCUT2D eigenvalue weighted by molar-refractivity contribution is 0.101. The second-order valence-electron chi connectivity index (χ2n) is 2.36. The van der Waals surface area contributed by atoms with Gasteiger partial charge in [0, 0.05) is 18.9 Å². The number of hydrogen-bond acceptors (Lipinski definition) is 3. The lowest BCUT2D eigenvalue weighted by Gasteiger charge is -2.04. The number of rotatable bonds is 2. The minimum atomic E-state index is -0.0245. The standard InChI is InChI=1S/C8H9ClN2O/c1-5(12)6-4-11-8(9)3-7(6)10-2/h3-4H,1-2H3,(H,10,11). The summed E-state index contributed by atoms with van der Waals surface area (Å²) in [5, 5.41) is 3.25. The van der Waals surface area contributed by atoms with Gasteiger partial charge in [-0.2, -0.15) is 0 Å². The summed E-state index contributed by atoms with van der Waals surface area (Å²) in [4.78, 5) is 14.8. The van der Waals surface area contributed by atoms with Gasteiger partial charge in [-0.05, 0) is 13.0 Å². The smallest absolute Gasteiger partial charge is 0.163 e. The van der Waals surface area contributed by atoms with Crippen LogP contribution in [0.5, 0.6) is 0 Å². The third-order valence-corrected chi connectivity index (χ3v) is 1.73. The van der Waals surface area contributed by atoms with Crippen LogP contribution in [0.2, 0.25) is 5.15 Å². The summed E-state index contributed by atoms with van der Waals surface area (Å²) in [7, 11) is 1.73. The molecule has 1 aromatic rings. The second-order valence-corrected chi connectivity index (χ2v) is 2.75. The topological polar surface area (TPSA) is 42.0 Å². The maximum absolute atomic E-state index is 11.0. The van der Waals surface area contributed by atoms with E-state index in [1.165, 1.54) is 13.1 Å². The van der Waals surface area contributed by atoms with Gasteiger partial charge in [0.25, 0.3) is 0 Å². The largest absolute Gasteiger partial charge is 0.387 e. The van der Waals surface area contributed by atoms with Gasteiger partial charge in [0.15, 0.2) is 5.78 Å². The molecule has 0 aliphatic rings. The van der Waals surface area contributed by atoms with E-state index in [-0.39, 0.29) is 5.78 Å². The Morgan fingerprint density at radius 2 is 2.33 bits per heavy atom. The summed E-state index contributed by atoms with van der Waals surface area (Å²) in [6.45, 7) is 1.49. The van der Waals surface area contributed by atoms with E-state index >= 15 is 0 Å². The zero-order chi connectivity index (χ0) is 9.14. The van der Waals surface area contributed by atoms with Gasteiger partial charge in [-0.1, -0.05) is 11.6 Å². The summed E-state index contributed by atoms with van der Waals surface area (Å²) in [5.74, 6) is -0.0245. The average Bonchev–Trinajstić information content (AvgIpc) is 2.03. The molecule has 0 atom stereocenters. The molecule has 0 bridgehead atoms. The molecule has 0 fully saturated rings. The highest BCUT2D eigenvalue weighted by Crippen LogP contribution is 2.18. The summed E-state index contributed by atoms with van der Waals surface area (Å²) in [6.07, 6.45) is 1.47. The molecule has 0 radical (unpaired) electrons. The molecule has 0 aromatic carbocycles. The first-order valence-electron chi connectivity index (χ1n) is 3.49. The molecule has 0 spiro atoms. The predicted octanol–water partition coefficient (Wildman–Crippen LogP) is 1.98. The number of anilines is 1. The fourth-order valence-electron chi connectivity index (χ4n) is 0.917. The molecular formula is C8H9ClN2O. The maximum atomic E-state index is 11.0. The van der Waals surface area contributed by atoms with Gasteiger partial charge < -0.3 is 5.32 Å². The van der Waals surface area contributed by atoms with Crippen LogP contribution in [-0.2, 0) is 0 Å². The molecule has 64 valence electrons. The zero-order valence-electron chi connectivity index (χ0n) is 6.89. The first-order chi connectivity index (χ1) is 5.65. The van der Waals surface area contributed by atoms with Crippen LogP contribution < -0.4 is 5.32 Å². The number of carbonyl (C=O) groups is 1. The van der Waals surface area contributed by atoms with Gasteiger partial charge >= 0.3 is 0 Å². The second kappa shape index (κ2) is 3.54. The summed E-state index contributed by atoms with van der Waals surface area (Å²) in [5.41, 5.74) is 1.27. The quantitative estimate of drug-likeness (QED) is 0.565. The van der Waals surface area contributed by atoms with E-state index in [4.69, 9.17) is 11.6 Å². The average molecular weight is 185 g/mol. The molecule has 4 heteroatoms. The molecule has 1 N–H and O–H groups in total. The van der Waals surface area contributed by atoms with Crippen molar-refractivity contribution in [1.29, 1.82) is 0 Å². The number of hydrogen-bond donors (Lipinski definition) is 1. The molecule has 12 heavy (non-hydrogen) atoms. The van der Waals surface area contributed by atoms with Crippen LogP contribution in [0.15, 0.2) is 12.3 Å². The van der Waals surface area contributed by atoms with Crippen LogP contribution in [-0.4, -0.2) is 17.8 Å². The monoisotopic (exact) mass is 184 g/mol. The van der Waals surface area contributed by atoms with Crippen molar-refractivity contribution in [1.82, 2.24) is 4.98 Å². The van der Waals surface area contributed by atoms with Gasteiger partial charge in [-0.25, -0.2) is 4.98 Å². The van der Waals surface area contributed by atoms with E-state index < -0.39 is 0 Å². The Bertz CT molecular complexity index is 312. The van der Waals surface area contributed by atoms with Crippen LogP contribution in [0.1, 0.15) is 17.3 Å². The summed E-state index contributed by atoms with van der Waals surface area (Å²) in [6, 6.07) is 1.62. The van der Waals surface area contributed by atoms with E-state index in [0.717, 1.165) is 0 Å². The number of halogens is 1. The van der Waals surface area contributed by atoms with Crippen LogP contribution in [0.25, 0.3) is 0 Å². The summed E-state index contributed by atoms with van der Waals surface area (Å²) < 4.78 is 0. The van der Waals surface area contributed by atoms with Crippen LogP contribution >= 0.6 is 11.6 Å². The molecule has 0 unspecified atom stereocenters. The number of ketones is 1. The predicted molar refractivity (Wildman–Crippen MR) is 48.8 cm³/mol. The van der Waals surface area contributed by atoms with Crippen molar-refractivity contribution in [3.8, 4) is 0 Å². The summed E-state index contributed by atoms with van der Waals surface area (Å²) >= 11 is 5.64. The zero-order valence-corrected chi connectivity index (χ0v) is 7.64. The molecule has 0 amide bonds. The SMILES string of the molecule is CNc1cc(Cl)ncc1C(C)=O. The highest BCUT2D eigenvalue weighted by atomic mass is 35.5. The van der Waals surface area contributed by atoms with Crippen molar-refractivity contribution in [2.24, 2.45) is 0 Å². The highest BCUT2D eigenvalue weighted by molar-refractivity contribution is 6.29. The molecule has 0 saturated heterocycles. The minimum Gasteiger partial charge on any atom is -0.387 e. The van der Waals surface area contributed by atoms with E-state index in [0.29, 0.717) is 16.4 Å². The number of nitrogens with one attached hydrogen (secondary N) is 1. The van der Waals surface area contributed by atoms with Gasteiger partial charge in [0.1, 0.15) is 5.15 Å². The van der Waals surface area contributed by atoms with Crippen molar-refractivity contribution in [3.05, 3.63) is 23.0 Å². The number of aromatic nitrogens is 1. The number of nitrogens with zero attached hydrogens (tertiary/aromatic N) is 1. The van der Waals surface area contributed by atoms with E-state index in [2.05, 4.69) is 10.3 Å². The Kier molecular flexibility index (Phi) is 2.65. The molecule has 1 aromatic heterocycles. The van der Waals surface area contributed by atoms with E-state index in [1.807, 2.05) is 0 Å². The molecule has 0 saturated carbocycles. The first kappa shape index (κ1) is 9.00. The number of pyridine rings is 1. The number of Topliss-reactive ketones (excluding diaryl/α,β-unsaturated/α-hetero) is 1. The lowest BCUT2D eigenvalue weighted by atomic mass is 10.2. The van der Waals surface area contributed by atoms with Gasteiger partial charge in [-0.15, -0.1) is 0 Å². The molecule has 3 nitrogen and oxygen atoms in total. The Labute approximate surface area is 75.8 Å². The molecule has 0 aliphatic carbocycles. The van der Waals surface area contributed by atoms with Gasteiger partial charge in [0.05, 0.1) is 5.56 Å². The van der Waals surface area contributed by atoms with Crippen molar-refractivity contribution >= 4 is 23.1 Å². The maximum Gasteiger partial charge on any atom is 0.163 e. The molecule has 0 aliphatic heterocycles. The fraction of sp³-hybridized carbons (Fsp3) is 0.250. The first-order valence-corrected chi connectivity index (χ1v) is 3.87. The van der Waals surface area contributed by atoms with Crippen LogP contribution in [0.3, 0.4) is 0 Å². The van der Waals surface area contributed by atoms with Gasteiger partial charge in [0.2, 0.25) is 0 Å². The van der Waals surface area contributed by atoms with E-state index in [1.54, 1.807) is 13.1 Å². The lowest BCUT2D eigenvalue weighted by Crippen LogP contribution is -2.00. The van der Waals surface area contributed by atoms with Gasteiger partial charge in [-0.3, -0.25) is 4.79 Å². The van der Waals surface area contributed by atoms with E-state index in [9.17, 15) is 4.79 Å². The Hall–Kier alpha value is -1.09. The minimum absolute atomic E-state index is 0.0245. The third-order valence-electron chi connectivity index (χ3n) is 1.52. The Morgan fingerprint density at radius 3 is 2.83 bits per heavy atom. The molecular weight excluding hydrogens is 176 g/mol. The van der Waals surface area contributed by atoms with Crippen molar-refractivity contribution in [2.75, 3.05) is 12.4 Å². The fourth-order valence-corrected chi connectivity index (χ4v) is 1.08. The Balaban J connectivity index is 3.20. The van der Waals surface area contributed by atoms with Crippen molar-refractivity contribution in [2.45, 2.75) is 6.92 Å². The number of carbonyl (C=O) groups excluding carboxylic acids is 1. The molecule has 1 rings (SSSR count). The van der Waals surface area contributed by atoms with Crippen molar-refractivity contribution < 1.29 is 4.79 Å². The Morgan fingerprint density at radius 1 is 1.67 bits per heavy atom. The third kappa shape index (κ3) is 1.74. The molecule has 1 heterocycles. The normalized spacial score (nSPS) is 9.58.